The van der Waals surface area contributed by atoms with Crippen molar-refractivity contribution >= 4 is 34.5 Å². The van der Waals surface area contributed by atoms with Crippen molar-refractivity contribution in [2.75, 3.05) is 25.1 Å². The van der Waals surface area contributed by atoms with Crippen LogP contribution in [0, 0.1) is 15.9 Å². The minimum Gasteiger partial charge on any atom is -0.381 e. The molecule has 0 unspecified atom stereocenters. The van der Waals surface area contributed by atoms with Gasteiger partial charge in [0.25, 0.3) is 0 Å². The highest BCUT2D eigenvalue weighted by atomic mass is 32.1. The lowest BCUT2D eigenvalue weighted by Gasteiger charge is -2.36. The highest BCUT2D eigenvalue weighted by Gasteiger charge is 2.36. The van der Waals surface area contributed by atoms with Gasteiger partial charge in [0.1, 0.15) is 0 Å². The molecule has 1 aliphatic rings. The van der Waals surface area contributed by atoms with Crippen molar-refractivity contribution in [2.24, 2.45) is 0 Å². The fraction of sp³-hybridized carbons (Fsp3) is 0.333. The number of anilines is 1. The molecule has 8 nitrogen and oxygen atoms in total. The van der Waals surface area contributed by atoms with Crippen molar-refractivity contribution in [1.29, 1.82) is 0 Å². The minimum absolute atomic E-state index is 0.0349. The summed E-state index contributed by atoms with van der Waals surface area (Å²) in [6, 6.07) is 6.82. The van der Waals surface area contributed by atoms with Crippen LogP contribution in [0.5, 0.6) is 0 Å². The van der Waals surface area contributed by atoms with Gasteiger partial charge in [-0.15, -0.1) is 11.3 Å². The number of amides is 2. The number of nitro groups is 1. The summed E-state index contributed by atoms with van der Waals surface area (Å²) in [5.41, 5.74) is -1.11. The van der Waals surface area contributed by atoms with Crippen LogP contribution in [0.3, 0.4) is 0 Å². The molecule has 2 amide bonds. The Bertz CT molecular complexity index is 881. The van der Waals surface area contributed by atoms with Gasteiger partial charge in [-0.05, 0) is 36.4 Å². The van der Waals surface area contributed by atoms with Crippen LogP contribution in [0.1, 0.15) is 17.7 Å². The van der Waals surface area contributed by atoms with E-state index < -0.39 is 28.2 Å². The van der Waals surface area contributed by atoms with E-state index in [1.165, 1.54) is 0 Å². The topological polar surface area (TPSA) is 111 Å². The first-order valence-corrected chi connectivity index (χ1v) is 9.44. The lowest BCUT2D eigenvalue weighted by Crippen LogP contribution is -2.46. The highest BCUT2D eigenvalue weighted by molar-refractivity contribution is 7.10. The standard InChI is InChI=1S/C18H18FN3O5S/c19-13-4-3-12(10-14(13)22(25)26)21-17(24)16(23)20-11-18(5-7-27-8-6-18)15-2-1-9-28-15/h1-4,9-10H,5-8,11H2,(H,20,23)(H,21,24). The van der Waals surface area contributed by atoms with Crippen molar-refractivity contribution in [3.63, 3.8) is 0 Å². The number of carbonyl (C=O) groups excluding carboxylic acids is 2. The van der Waals surface area contributed by atoms with E-state index in [2.05, 4.69) is 10.6 Å². The van der Waals surface area contributed by atoms with Crippen molar-refractivity contribution < 1.29 is 23.6 Å². The van der Waals surface area contributed by atoms with Crippen LogP contribution in [0.15, 0.2) is 35.7 Å². The molecule has 148 valence electrons. The molecule has 1 saturated heterocycles. The summed E-state index contributed by atoms with van der Waals surface area (Å²) >= 11 is 1.59. The molecule has 1 aromatic heterocycles. The first-order valence-electron chi connectivity index (χ1n) is 8.56. The Morgan fingerprint density at radius 2 is 2.00 bits per heavy atom. The first-order chi connectivity index (χ1) is 13.4. The molecule has 0 radical (unpaired) electrons. The molecule has 3 rings (SSSR count). The van der Waals surface area contributed by atoms with Crippen molar-refractivity contribution in [3.05, 3.63) is 56.5 Å². The largest absolute Gasteiger partial charge is 0.381 e. The van der Waals surface area contributed by atoms with E-state index >= 15 is 0 Å². The fourth-order valence-electron chi connectivity index (χ4n) is 3.10. The zero-order chi connectivity index (χ0) is 20.1. The van der Waals surface area contributed by atoms with E-state index in [1.54, 1.807) is 11.3 Å². The second-order valence-corrected chi connectivity index (χ2v) is 7.38. The van der Waals surface area contributed by atoms with E-state index in [9.17, 15) is 24.1 Å². The third kappa shape index (κ3) is 4.34. The predicted molar refractivity (Wildman–Crippen MR) is 101 cm³/mol. The Balaban J connectivity index is 1.65. The van der Waals surface area contributed by atoms with E-state index in [0.29, 0.717) is 13.2 Å². The second-order valence-electron chi connectivity index (χ2n) is 6.43. The molecule has 0 saturated carbocycles. The zero-order valence-electron chi connectivity index (χ0n) is 14.8. The number of nitro benzene ring substituents is 1. The maximum atomic E-state index is 13.4. The van der Waals surface area contributed by atoms with Gasteiger partial charge in [-0.3, -0.25) is 19.7 Å². The summed E-state index contributed by atoms with van der Waals surface area (Å²) in [4.78, 5) is 35.4. The predicted octanol–water partition coefficient (Wildman–Crippen LogP) is 2.60. The van der Waals surface area contributed by atoms with Crippen molar-refractivity contribution in [3.8, 4) is 0 Å². The number of rotatable bonds is 5. The van der Waals surface area contributed by atoms with Crippen LogP contribution in [-0.2, 0) is 19.7 Å². The third-order valence-electron chi connectivity index (χ3n) is 4.69. The molecule has 10 heteroatoms. The van der Waals surface area contributed by atoms with Crippen molar-refractivity contribution in [1.82, 2.24) is 5.32 Å². The molecule has 0 spiro atoms. The molecule has 1 fully saturated rings. The summed E-state index contributed by atoms with van der Waals surface area (Å²) in [5, 5.41) is 17.6. The Kier molecular flexibility index (Phi) is 6.00. The zero-order valence-corrected chi connectivity index (χ0v) is 15.6. The first kappa shape index (κ1) is 19.9. The summed E-state index contributed by atoms with van der Waals surface area (Å²) in [6.07, 6.45) is 1.44. The molecule has 0 atom stereocenters. The lowest BCUT2D eigenvalue weighted by atomic mass is 9.78. The van der Waals surface area contributed by atoms with E-state index in [1.807, 2.05) is 17.5 Å². The number of hydrogen-bond acceptors (Lipinski definition) is 6. The van der Waals surface area contributed by atoms with Crippen LogP contribution in [-0.4, -0.2) is 36.5 Å². The van der Waals surface area contributed by atoms with Crippen molar-refractivity contribution in [2.45, 2.75) is 18.3 Å². The highest BCUT2D eigenvalue weighted by Crippen LogP contribution is 2.37. The third-order valence-corrected chi connectivity index (χ3v) is 5.80. The van der Waals surface area contributed by atoms with Gasteiger partial charge in [0.15, 0.2) is 0 Å². The fourth-order valence-corrected chi connectivity index (χ4v) is 4.09. The molecule has 0 bridgehead atoms. The lowest BCUT2D eigenvalue weighted by molar-refractivity contribution is -0.387. The molecule has 2 N–H and O–H groups in total. The summed E-state index contributed by atoms with van der Waals surface area (Å²) in [5.74, 6) is -2.87. The van der Waals surface area contributed by atoms with Gasteiger partial charge in [0, 0.05) is 41.8 Å². The van der Waals surface area contributed by atoms with E-state index in [0.717, 1.165) is 35.9 Å². The molecule has 1 aliphatic heterocycles. The van der Waals surface area contributed by atoms with Crippen LogP contribution in [0.4, 0.5) is 15.8 Å². The van der Waals surface area contributed by atoms with Crippen LogP contribution < -0.4 is 10.6 Å². The minimum atomic E-state index is -1.02. The maximum Gasteiger partial charge on any atom is 0.313 e. The molecular formula is C18H18FN3O5S. The van der Waals surface area contributed by atoms with Gasteiger partial charge in [0.2, 0.25) is 5.82 Å². The number of halogens is 1. The van der Waals surface area contributed by atoms with Crippen LogP contribution in [0.2, 0.25) is 0 Å². The second kappa shape index (κ2) is 8.44. The molecule has 28 heavy (non-hydrogen) atoms. The summed E-state index contributed by atoms with van der Waals surface area (Å²) < 4.78 is 18.8. The summed E-state index contributed by atoms with van der Waals surface area (Å²) in [6.45, 7) is 1.41. The number of carbonyl (C=O) groups is 2. The van der Waals surface area contributed by atoms with E-state index in [4.69, 9.17) is 4.74 Å². The number of nitrogens with one attached hydrogen (secondary N) is 2. The number of benzene rings is 1. The Labute approximate surface area is 163 Å². The van der Waals surface area contributed by atoms with Gasteiger partial charge in [-0.2, -0.15) is 4.39 Å². The number of nitrogens with zero attached hydrogens (tertiary/aromatic N) is 1. The Morgan fingerprint density at radius 3 is 2.64 bits per heavy atom. The average molecular weight is 407 g/mol. The monoisotopic (exact) mass is 407 g/mol. The average Bonchev–Trinajstić information content (AvgIpc) is 3.23. The van der Waals surface area contributed by atoms with Gasteiger partial charge in [-0.25, -0.2) is 0 Å². The van der Waals surface area contributed by atoms with Crippen LogP contribution in [0.25, 0.3) is 0 Å². The molecule has 2 aromatic rings. The molecular weight excluding hydrogens is 389 g/mol. The van der Waals surface area contributed by atoms with Gasteiger partial charge < -0.3 is 15.4 Å². The Morgan fingerprint density at radius 1 is 1.25 bits per heavy atom. The van der Waals surface area contributed by atoms with Gasteiger partial charge in [0.05, 0.1) is 4.92 Å². The summed E-state index contributed by atoms with van der Waals surface area (Å²) in [7, 11) is 0. The van der Waals surface area contributed by atoms with Gasteiger partial charge >= 0.3 is 17.5 Å². The Hall–Kier alpha value is -2.85. The van der Waals surface area contributed by atoms with Gasteiger partial charge in [-0.1, -0.05) is 6.07 Å². The normalized spacial score (nSPS) is 15.6. The quantitative estimate of drug-likeness (QED) is 0.450. The molecule has 2 heterocycles. The number of hydrogen-bond donors (Lipinski definition) is 2. The van der Waals surface area contributed by atoms with E-state index in [-0.39, 0.29) is 17.6 Å². The smallest absolute Gasteiger partial charge is 0.313 e. The molecule has 0 aliphatic carbocycles. The molecule has 1 aromatic carbocycles. The van der Waals surface area contributed by atoms with Crippen LogP contribution >= 0.6 is 11.3 Å². The SMILES string of the molecule is O=C(NCC1(c2cccs2)CCOCC1)C(=O)Nc1ccc(F)c([N+](=O)[O-])c1. The maximum absolute atomic E-state index is 13.4. The number of thiophene rings is 1. The number of ether oxygens (including phenoxy) is 1.